The van der Waals surface area contributed by atoms with Gasteiger partial charge >= 0.3 is 0 Å². The van der Waals surface area contributed by atoms with Crippen LogP contribution < -0.4 is 10.6 Å². The van der Waals surface area contributed by atoms with Gasteiger partial charge in [0.05, 0.1) is 0 Å². The van der Waals surface area contributed by atoms with Crippen molar-refractivity contribution >= 4 is 29.9 Å². The molecule has 4 nitrogen and oxygen atoms in total. The lowest BCUT2D eigenvalue weighted by atomic mass is 10.2. The number of halogens is 1. The van der Waals surface area contributed by atoms with E-state index in [0.717, 1.165) is 19.0 Å². The fourth-order valence-electron chi connectivity index (χ4n) is 1.97. The maximum absolute atomic E-state index is 4.22. The van der Waals surface area contributed by atoms with Crippen LogP contribution in [0.1, 0.15) is 26.7 Å². The van der Waals surface area contributed by atoms with Crippen LogP contribution in [0.15, 0.2) is 4.99 Å². The first-order valence-corrected chi connectivity index (χ1v) is 6.28. The summed E-state index contributed by atoms with van der Waals surface area (Å²) in [6.07, 6.45) is 2.62. The molecule has 1 heterocycles. The number of nitrogens with one attached hydrogen (secondary N) is 2. The Bertz CT molecular complexity index is 231. The van der Waals surface area contributed by atoms with Gasteiger partial charge in [-0.05, 0) is 32.4 Å². The van der Waals surface area contributed by atoms with E-state index in [1.54, 1.807) is 0 Å². The van der Waals surface area contributed by atoms with Gasteiger partial charge in [-0.1, -0.05) is 13.8 Å². The third-order valence-corrected chi connectivity index (χ3v) is 3.08. The lowest BCUT2D eigenvalue weighted by Crippen LogP contribution is -2.44. The molecule has 0 aliphatic carbocycles. The van der Waals surface area contributed by atoms with Gasteiger partial charge in [-0.2, -0.15) is 0 Å². The molecule has 0 aromatic carbocycles. The van der Waals surface area contributed by atoms with Crippen LogP contribution in [0.2, 0.25) is 0 Å². The molecule has 17 heavy (non-hydrogen) atoms. The summed E-state index contributed by atoms with van der Waals surface area (Å²) in [7, 11) is 4.03. The molecule has 2 N–H and O–H groups in total. The Kier molecular flexibility index (Phi) is 8.94. The van der Waals surface area contributed by atoms with E-state index in [2.05, 4.69) is 41.4 Å². The van der Waals surface area contributed by atoms with E-state index in [1.165, 1.54) is 19.4 Å². The smallest absolute Gasteiger partial charge is 0.191 e. The van der Waals surface area contributed by atoms with Crippen molar-refractivity contribution in [2.24, 2.45) is 10.9 Å². The Morgan fingerprint density at radius 2 is 2.12 bits per heavy atom. The maximum Gasteiger partial charge on any atom is 0.191 e. The third-order valence-electron chi connectivity index (χ3n) is 3.08. The molecule has 0 radical (unpaired) electrons. The Morgan fingerprint density at radius 3 is 2.59 bits per heavy atom. The number of rotatable bonds is 4. The summed E-state index contributed by atoms with van der Waals surface area (Å²) in [6.45, 7) is 7.59. The number of guanidine groups is 1. The average Bonchev–Trinajstić information content (AvgIpc) is 2.64. The molecule has 1 aliphatic heterocycles. The summed E-state index contributed by atoms with van der Waals surface area (Å²) < 4.78 is 0. The van der Waals surface area contributed by atoms with Gasteiger partial charge in [-0.3, -0.25) is 4.99 Å². The standard InChI is InChI=1S/C12H26N4.HI/c1-10(2)8-14-12(13-3)15-9-11-6-5-7-16(11)4;/h10-11H,5-9H2,1-4H3,(H2,13,14,15);1H. The zero-order chi connectivity index (χ0) is 12.0. The second-order valence-corrected chi connectivity index (χ2v) is 5.00. The van der Waals surface area contributed by atoms with E-state index in [0.29, 0.717) is 12.0 Å². The first kappa shape index (κ1) is 17.0. The monoisotopic (exact) mass is 354 g/mol. The Labute approximate surface area is 123 Å². The Morgan fingerprint density at radius 1 is 1.41 bits per heavy atom. The van der Waals surface area contributed by atoms with Crippen molar-refractivity contribution in [1.82, 2.24) is 15.5 Å². The van der Waals surface area contributed by atoms with Crippen LogP contribution in [0.25, 0.3) is 0 Å². The molecule has 1 rings (SSSR count). The van der Waals surface area contributed by atoms with Crippen molar-refractivity contribution in [2.45, 2.75) is 32.7 Å². The van der Waals surface area contributed by atoms with Gasteiger partial charge in [0.25, 0.3) is 0 Å². The third kappa shape index (κ3) is 6.45. The van der Waals surface area contributed by atoms with E-state index in [9.17, 15) is 0 Å². The second-order valence-electron chi connectivity index (χ2n) is 5.00. The highest BCUT2D eigenvalue weighted by Gasteiger charge is 2.20. The molecular formula is C12H27IN4. The van der Waals surface area contributed by atoms with Gasteiger partial charge in [-0.15, -0.1) is 24.0 Å². The molecule has 0 aromatic rings. The van der Waals surface area contributed by atoms with Gasteiger partial charge in [0.2, 0.25) is 0 Å². The quantitative estimate of drug-likeness (QED) is 0.457. The fourth-order valence-corrected chi connectivity index (χ4v) is 1.97. The molecule has 1 unspecified atom stereocenters. The van der Waals surface area contributed by atoms with Crippen LogP contribution in [-0.2, 0) is 0 Å². The summed E-state index contributed by atoms with van der Waals surface area (Å²) in [6, 6.07) is 0.664. The second kappa shape index (κ2) is 8.97. The number of hydrogen-bond donors (Lipinski definition) is 2. The van der Waals surface area contributed by atoms with Crippen LogP contribution in [0.3, 0.4) is 0 Å². The topological polar surface area (TPSA) is 39.7 Å². The van der Waals surface area contributed by atoms with Crippen LogP contribution >= 0.6 is 24.0 Å². The summed E-state index contributed by atoms with van der Waals surface area (Å²) in [5.41, 5.74) is 0. The molecule has 0 bridgehead atoms. The van der Waals surface area contributed by atoms with Gasteiger partial charge in [0, 0.05) is 26.2 Å². The van der Waals surface area contributed by atoms with E-state index in [-0.39, 0.29) is 24.0 Å². The van der Waals surface area contributed by atoms with E-state index >= 15 is 0 Å². The highest BCUT2D eigenvalue weighted by molar-refractivity contribution is 14.0. The van der Waals surface area contributed by atoms with Crippen LogP contribution in [0.5, 0.6) is 0 Å². The van der Waals surface area contributed by atoms with Gasteiger partial charge in [-0.25, -0.2) is 0 Å². The number of nitrogens with zero attached hydrogens (tertiary/aromatic N) is 2. The van der Waals surface area contributed by atoms with Crippen LogP contribution in [0, 0.1) is 5.92 Å². The Hall–Kier alpha value is -0.0400. The number of likely N-dealkylation sites (N-methyl/N-ethyl adjacent to an activating group) is 1. The first-order valence-electron chi connectivity index (χ1n) is 6.28. The number of aliphatic imine (C=N–C) groups is 1. The predicted octanol–water partition coefficient (Wildman–Crippen LogP) is 1.52. The van der Waals surface area contributed by atoms with Crippen molar-refractivity contribution in [2.75, 3.05) is 33.7 Å². The van der Waals surface area contributed by atoms with Gasteiger partial charge in [0.1, 0.15) is 0 Å². The minimum atomic E-state index is 0. The van der Waals surface area contributed by atoms with E-state index in [1.807, 2.05) is 7.05 Å². The highest BCUT2D eigenvalue weighted by Crippen LogP contribution is 2.13. The molecule has 0 saturated carbocycles. The minimum Gasteiger partial charge on any atom is -0.356 e. The summed E-state index contributed by atoms with van der Waals surface area (Å²) >= 11 is 0. The molecule has 0 aromatic heterocycles. The van der Waals surface area contributed by atoms with Crippen molar-refractivity contribution in [3.8, 4) is 0 Å². The minimum absolute atomic E-state index is 0. The molecule has 1 aliphatic rings. The van der Waals surface area contributed by atoms with Crippen LogP contribution in [0.4, 0.5) is 0 Å². The predicted molar refractivity (Wildman–Crippen MR) is 85.3 cm³/mol. The van der Waals surface area contributed by atoms with Crippen molar-refractivity contribution in [1.29, 1.82) is 0 Å². The maximum atomic E-state index is 4.22. The molecule has 1 atom stereocenters. The summed E-state index contributed by atoms with van der Waals surface area (Å²) in [5, 5.41) is 6.72. The summed E-state index contributed by atoms with van der Waals surface area (Å²) in [4.78, 5) is 6.64. The summed E-state index contributed by atoms with van der Waals surface area (Å²) in [5.74, 6) is 1.57. The molecule has 0 spiro atoms. The van der Waals surface area contributed by atoms with Crippen molar-refractivity contribution in [3.05, 3.63) is 0 Å². The molecule has 1 fully saturated rings. The van der Waals surface area contributed by atoms with Crippen molar-refractivity contribution in [3.63, 3.8) is 0 Å². The first-order chi connectivity index (χ1) is 7.63. The molecule has 0 amide bonds. The largest absolute Gasteiger partial charge is 0.356 e. The van der Waals surface area contributed by atoms with E-state index < -0.39 is 0 Å². The molecule has 102 valence electrons. The lowest BCUT2D eigenvalue weighted by Gasteiger charge is -2.21. The van der Waals surface area contributed by atoms with E-state index in [4.69, 9.17) is 0 Å². The number of hydrogen-bond acceptors (Lipinski definition) is 2. The highest BCUT2D eigenvalue weighted by atomic mass is 127. The molecule has 5 heteroatoms. The SMILES string of the molecule is CN=C(NCC(C)C)NCC1CCCN1C.I. The zero-order valence-electron chi connectivity index (χ0n) is 11.5. The fraction of sp³-hybridized carbons (Fsp3) is 0.917. The lowest BCUT2D eigenvalue weighted by molar-refractivity contribution is 0.309. The van der Waals surface area contributed by atoms with Crippen LogP contribution in [-0.4, -0.2) is 50.6 Å². The zero-order valence-corrected chi connectivity index (χ0v) is 13.8. The van der Waals surface area contributed by atoms with Gasteiger partial charge in [0.15, 0.2) is 5.96 Å². The normalized spacial score (nSPS) is 21.5. The van der Waals surface area contributed by atoms with Crippen molar-refractivity contribution < 1.29 is 0 Å². The Balaban J connectivity index is 0.00000256. The molecule has 1 saturated heterocycles. The number of likely N-dealkylation sites (tertiary alicyclic amines) is 1. The average molecular weight is 354 g/mol. The van der Waals surface area contributed by atoms with Gasteiger partial charge < -0.3 is 15.5 Å². The molecular weight excluding hydrogens is 327 g/mol.